The van der Waals surface area contributed by atoms with Crippen molar-refractivity contribution in [2.75, 3.05) is 5.32 Å². The van der Waals surface area contributed by atoms with Crippen molar-refractivity contribution < 1.29 is 0 Å². The molecular weight excluding hydrogens is 192 g/mol. The van der Waals surface area contributed by atoms with Crippen molar-refractivity contribution in [1.82, 2.24) is 4.37 Å². The van der Waals surface area contributed by atoms with Crippen LogP contribution >= 0.6 is 11.5 Å². The SMILES string of the molecule is CC[C@@H](C)Nc1snc2ccccc12. The molecule has 2 nitrogen and oxygen atoms in total. The summed E-state index contributed by atoms with van der Waals surface area (Å²) in [6, 6.07) is 8.75. The molecule has 0 spiro atoms. The number of fused-ring (bicyclic) bond motifs is 1. The lowest BCUT2D eigenvalue weighted by molar-refractivity contribution is 0.767. The molecule has 0 amide bonds. The Hall–Kier alpha value is -1.09. The average molecular weight is 206 g/mol. The highest BCUT2D eigenvalue weighted by molar-refractivity contribution is 7.11. The zero-order valence-electron chi connectivity index (χ0n) is 8.45. The van der Waals surface area contributed by atoms with Crippen molar-refractivity contribution in [2.45, 2.75) is 26.3 Å². The highest BCUT2D eigenvalue weighted by atomic mass is 32.1. The molecule has 2 aromatic rings. The van der Waals surface area contributed by atoms with Gasteiger partial charge in [0.05, 0.1) is 5.52 Å². The molecule has 74 valence electrons. The molecule has 0 radical (unpaired) electrons. The first-order valence-electron chi connectivity index (χ1n) is 4.92. The van der Waals surface area contributed by atoms with Crippen LogP contribution in [0.4, 0.5) is 5.00 Å². The lowest BCUT2D eigenvalue weighted by Crippen LogP contribution is -2.12. The topological polar surface area (TPSA) is 24.9 Å². The number of hydrogen-bond donors (Lipinski definition) is 1. The van der Waals surface area contributed by atoms with Crippen LogP contribution in [0.1, 0.15) is 20.3 Å². The van der Waals surface area contributed by atoms with E-state index in [1.54, 1.807) is 11.5 Å². The van der Waals surface area contributed by atoms with Gasteiger partial charge in [-0.2, -0.15) is 4.37 Å². The molecule has 0 aliphatic heterocycles. The summed E-state index contributed by atoms with van der Waals surface area (Å²) in [5.74, 6) is 0. The van der Waals surface area contributed by atoms with Crippen LogP contribution in [0.2, 0.25) is 0 Å². The fourth-order valence-electron chi connectivity index (χ4n) is 1.32. The van der Waals surface area contributed by atoms with Crippen molar-refractivity contribution in [3.8, 4) is 0 Å². The van der Waals surface area contributed by atoms with Crippen LogP contribution < -0.4 is 5.32 Å². The van der Waals surface area contributed by atoms with E-state index < -0.39 is 0 Å². The summed E-state index contributed by atoms with van der Waals surface area (Å²) >= 11 is 1.55. The maximum atomic E-state index is 4.39. The van der Waals surface area contributed by atoms with Gasteiger partial charge >= 0.3 is 0 Å². The Morgan fingerprint density at radius 2 is 2.21 bits per heavy atom. The number of nitrogens with zero attached hydrogens (tertiary/aromatic N) is 1. The second-order valence-electron chi connectivity index (χ2n) is 3.48. The van der Waals surface area contributed by atoms with Gasteiger partial charge in [0.2, 0.25) is 0 Å². The van der Waals surface area contributed by atoms with Crippen molar-refractivity contribution in [2.24, 2.45) is 0 Å². The second kappa shape index (κ2) is 3.96. The smallest absolute Gasteiger partial charge is 0.117 e. The fourth-order valence-corrected chi connectivity index (χ4v) is 2.19. The van der Waals surface area contributed by atoms with E-state index in [-0.39, 0.29) is 0 Å². The molecule has 1 N–H and O–H groups in total. The Morgan fingerprint density at radius 1 is 1.43 bits per heavy atom. The Kier molecular flexibility index (Phi) is 2.68. The van der Waals surface area contributed by atoms with E-state index in [4.69, 9.17) is 0 Å². The van der Waals surface area contributed by atoms with Gasteiger partial charge in [0.15, 0.2) is 0 Å². The molecule has 0 saturated heterocycles. The molecule has 0 saturated carbocycles. The third kappa shape index (κ3) is 1.73. The van der Waals surface area contributed by atoms with Gasteiger partial charge in [0.1, 0.15) is 5.00 Å². The van der Waals surface area contributed by atoms with E-state index in [1.165, 1.54) is 10.4 Å². The summed E-state index contributed by atoms with van der Waals surface area (Å²) in [7, 11) is 0. The van der Waals surface area contributed by atoms with Gasteiger partial charge in [0, 0.05) is 11.4 Å². The molecule has 3 heteroatoms. The lowest BCUT2D eigenvalue weighted by atomic mass is 10.2. The van der Waals surface area contributed by atoms with Gasteiger partial charge < -0.3 is 5.32 Å². The van der Waals surface area contributed by atoms with Gasteiger partial charge in [-0.1, -0.05) is 19.1 Å². The minimum absolute atomic E-state index is 0.513. The number of rotatable bonds is 3. The predicted octanol–water partition coefficient (Wildman–Crippen LogP) is 3.51. The maximum absolute atomic E-state index is 4.39. The van der Waals surface area contributed by atoms with Gasteiger partial charge in [-0.05, 0) is 37.0 Å². The van der Waals surface area contributed by atoms with E-state index in [2.05, 4.69) is 35.7 Å². The first-order valence-corrected chi connectivity index (χ1v) is 5.69. The van der Waals surface area contributed by atoms with E-state index in [0.717, 1.165) is 11.9 Å². The highest BCUT2D eigenvalue weighted by Crippen LogP contribution is 2.27. The predicted molar refractivity (Wildman–Crippen MR) is 63.0 cm³/mol. The van der Waals surface area contributed by atoms with Crippen LogP contribution in [-0.2, 0) is 0 Å². The minimum Gasteiger partial charge on any atom is -0.373 e. The standard InChI is InChI=1S/C11H14N2S/c1-3-8(2)12-11-9-6-4-5-7-10(9)13-14-11/h4-8,12H,3H2,1-2H3/t8-/m1/s1. The largest absolute Gasteiger partial charge is 0.373 e. The van der Waals surface area contributed by atoms with Crippen molar-refractivity contribution >= 4 is 27.4 Å². The molecule has 0 aliphatic carbocycles. The quantitative estimate of drug-likeness (QED) is 0.831. The first kappa shape index (κ1) is 9.46. The third-order valence-corrected chi connectivity index (χ3v) is 3.18. The number of hydrogen-bond acceptors (Lipinski definition) is 3. The summed E-state index contributed by atoms with van der Waals surface area (Å²) in [4.78, 5) is 0. The van der Waals surface area contributed by atoms with Crippen LogP contribution in [0, 0.1) is 0 Å². The Labute approximate surface area is 88.1 Å². The van der Waals surface area contributed by atoms with E-state index >= 15 is 0 Å². The zero-order valence-corrected chi connectivity index (χ0v) is 9.27. The van der Waals surface area contributed by atoms with Gasteiger partial charge in [0.25, 0.3) is 0 Å². The Morgan fingerprint density at radius 3 is 3.00 bits per heavy atom. The van der Waals surface area contributed by atoms with Gasteiger partial charge in [-0.3, -0.25) is 0 Å². The normalized spacial score (nSPS) is 13.0. The molecule has 1 aromatic carbocycles. The molecule has 0 bridgehead atoms. The molecule has 2 rings (SSSR count). The number of aromatic nitrogens is 1. The Balaban J connectivity index is 2.33. The van der Waals surface area contributed by atoms with E-state index in [1.807, 2.05) is 12.1 Å². The molecular formula is C11H14N2S. The summed E-state index contributed by atoms with van der Waals surface area (Å²) in [6.07, 6.45) is 1.13. The fraction of sp³-hybridized carbons (Fsp3) is 0.364. The summed E-state index contributed by atoms with van der Waals surface area (Å²) in [6.45, 7) is 4.37. The zero-order chi connectivity index (χ0) is 9.97. The van der Waals surface area contributed by atoms with E-state index in [9.17, 15) is 0 Å². The van der Waals surface area contributed by atoms with Crippen LogP contribution in [0.15, 0.2) is 24.3 Å². The molecule has 0 unspecified atom stereocenters. The van der Waals surface area contributed by atoms with Crippen molar-refractivity contribution in [1.29, 1.82) is 0 Å². The van der Waals surface area contributed by atoms with E-state index in [0.29, 0.717) is 6.04 Å². The highest BCUT2D eigenvalue weighted by Gasteiger charge is 2.06. The van der Waals surface area contributed by atoms with Gasteiger partial charge in [-0.15, -0.1) is 0 Å². The van der Waals surface area contributed by atoms with Crippen LogP contribution in [0.3, 0.4) is 0 Å². The third-order valence-electron chi connectivity index (χ3n) is 2.37. The molecule has 14 heavy (non-hydrogen) atoms. The Bertz CT molecular complexity index is 422. The summed E-state index contributed by atoms with van der Waals surface area (Å²) < 4.78 is 4.39. The summed E-state index contributed by atoms with van der Waals surface area (Å²) in [5, 5.41) is 5.89. The first-order chi connectivity index (χ1) is 6.81. The molecule has 0 aliphatic rings. The number of nitrogens with one attached hydrogen (secondary N) is 1. The second-order valence-corrected chi connectivity index (χ2v) is 4.26. The van der Waals surface area contributed by atoms with Crippen molar-refractivity contribution in [3.05, 3.63) is 24.3 Å². The lowest BCUT2D eigenvalue weighted by Gasteiger charge is -2.10. The molecule has 1 aromatic heterocycles. The van der Waals surface area contributed by atoms with Gasteiger partial charge in [-0.25, -0.2) is 0 Å². The summed E-state index contributed by atoms with van der Waals surface area (Å²) in [5.41, 5.74) is 1.09. The average Bonchev–Trinajstić information content (AvgIpc) is 2.62. The number of benzene rings is 1. The molecule has 1 heterocycles. The van der Waals surface area contributed by atoms with Crippen LogP contribution in [0.25, 0.3) is 10.9 Å². The van der Waals surface area contributed by atoms with Crippen LogP contribution in [0.5, 0.6) is 0 Å². The molecule has 0 fully saturated rings. The molecule has 1 atom stereocenters. The van der Waals surface area contributed by atoms with Crippen molar-refractivity contribution in [3.63, 3.8) is 0 Å². The van der Waals surface area contributed by atoms with Crippen LogP contribution in [-0.4, -0.2) is 10.4 Å². The monoisotopic (exact) mass is 206 g/mol. The maximum Gasteiger partial charge on any atom is 0.117 e. The minimum atomic E-state index is 0.513. The number of anilines is 1.